The molecule has 4 aliphatic heterocycles. The van der Waals surface area contributed by atoms with Crippen LogP contribution >= 0.6 is 0 Å². The average molecular weight is 543 g/mol. The normalized spacial score (nSPS) is 32.6. The zero-order valence-electron chi connectivity index (χ0n) is 23.8. The molecule has 38 heavy (non-hydrogen) atoms. The molecule has 0 spiro atoms. The SMILES string of the molecule is C=C1COCCN2CCCOCCN3CCOCCN(CCOCCN(CCOCCC2)CC3)CCOC1. The lowest BCUT2D eigenvalue weighted by Crippen LogP contribution is -2.41. The molecule has 4 bridgehead atoms. The quantitative estimate of drug-likeness (QED) is 0.408. The molecule has 222 valence electrons. The number of hydrogen-bond acceptors (Lipinski definition) is 10. The van der Waals surface area contributed by atoms with Crippen molar-refractivity contribution in [1.82, 2.24) is 19.6 Å². The Balaban J connectivity index is 1.68. The van der Waals surface area contributed by atoms with Crippen molar-refractivity contribution in [2.24, 2.45) is 0 Å². The Hall–Kier alpha value is -0.660. The molecule has 0 amide bonds. The highest BCUT2D eigenvalue weighted by molar-refractivity contribution is 4.94. The first-order valence-electron chi connectivity index (χ1n) is 14.8. The Labute approximate surface area is 231 Å². The maximum atomic E-state index is 6.06. The van der Waals surface area contributed by atoms with Gasteiger partial charge in [0.2, 0.25) is 0 Å². The van der Waals surface area contributed by atoms with Crippen molar-refractivity contribution < 1.29 is 28.4 Å². The molecule has 0 aromatic carbocycles. The summed E-state index contributed by atoms with van der Waals surface area (Å²) in [4.78, 5) is 9.79. The van der Waals surface area contributed by atoms with Gasteiger partial charge in [0.05, 0.1) is 66.1 Å². The fourth-order valence-electron chi connectivity index (χ4n) is 4.84. The molecular weight excluding hydrogens is 488 g/mol. The monoisotopic (exact) mass is 542 g/mol. The molecule has 4 saturated heterocycles. The first kappa shape index (κ1) is 31.9. The standard InChI is InChI=1S/C28H54N4O6/c1-28-26-37-24-14-29-4-2-16-33-18-8-30-6-7-31(9-19-34-17-3-5-29)11-21-36-23-13-32(15-25-38-27-28)12-22-35-20-10-30/h1-27H2. The van der Waals surface area contributed by atoms with Gasteiger partial charge in [0, 0.05) is 91.8 Å². The zero-order chi connectivity index (χ0) is 26.5. The van der Waals surface area contributed by atoms with E-state index >= 15 is 0 Å². The molecule has 0 saturated carbocycles. The van der Waals surface area contributed by atoms with Crippen LogP contribution in [0, 0.1) is 0 Å². The van der Waals surface area contributed by atoms with Crippen molar-refractivity contribution in [2.75, 3.05) is 158 Å². The van der Waals surface area contributed by atoms with E-state index in [1.807, 2.05) is 0 Å². The Bertz CT molecular complexity index is 568. The molecule has 4 heterocycles. The highest BCUT2D eigenvalue weighted by Gasteiger charge is 2.13. The van der Waals surface area contributed by atoms with Crippen LogP contribution < -0.4 is 0 Å². The molecule has 10 heteroatoms. The van der Waals surface area contributed by atoms with Crippen LogP contribution in [0.3, 0.4) is 0 Å². The molecule has 0 aliphatic carbocycles. The first-order chi connectivity index (χ1) is 18.8. The van der Waals surface area contributed by atoms with Crippen molar-refractivity contribution in [3.8, 4) is 0 Å². The Morgan fingerprint density at radius 2 is 0.632 bits per heavy atom. The van der Waals surface area contributed by atoms with Crippen molar-refractivity contribution in [3.63, 3.8) is 0 Å². The van der Waals surface area contributed by atoms with Crippen LogP contribution in [0.15, 0.2) is 12.2 Å². The van der Waals surface area contributed by atoms with E-state index in [0.717, 1.165) is 137 Å². The molecule has 4 aliphatic rings. The highest BCUT2D eigenvalue weighted by atomic mass is 16.5. The number of ether oxygens (including phenoxy) is 6. The van der Waals surface area contributed by atoms with Gasteiger partial charge in [-0.15, -0.1) is 0 Å². The van der Waals surface area contributed by atoms with Gasteiger partial charge in [-0.05, 0) is 18.4 Å². The molecule has 0 N–H and O–H groups in total. The third-order valence-electron chi connectivity index (χ3n) is 7.29. The van der Waals surface area contributed by atoms with Crippen molar-refractivity contribution in [1.29, 1.82) is 0 Å². The lowest BCUT2D eigenvalue weighted by atomic mass is 10.3. The van der Waals surface area contributed by atoms with E-state index in [0.29, 0.717) is 39.6 Å². The molecular formula is C28H54N4O6. The minimum atomic E-state index is 0.533. The third kappa shape index (κ3) is 15.2. The van der Waals surface area contributed by atoms with Gasteiger partial charge in [0.1, 0.15) is 0 Å². The smallest absolute Gasteiger partial charge is 0.0696 e. The molecule has 2 atom stereocenters. The van der Waals surface area contributed by atoms with E-state index in [1.54, 1.807) is 0 Å². The fourth-order valence-corrected chi connectivity index (χ4v) is 4.84. The molecule has 4 fully saturated rings. The summed E-state index contributed by atoms with van der Waals surface area (Å²) in [6.45, 7) is 23.7. The summed E-state index contributed by atoms with van der Waals surface area (Å²) in [5.41, 5.74) is 0.980. The van der Waals surface area contributed by atoms with Crippen molar-refractivity contribution in [2.45, 2.75) is 12.8 Å². The van der Waals surface area contributed by atoms with Crippen LogP contribution in [0.4, 0.5) is 0 Å². The minimum absolute atomic E-state index is 0.533. The number of rotatable bonds is 0. The molecule has 10 nitrogen and oxygen atoms in total. The van der Waals surface area contributed by atoms with Gasteiger partial charge in [0.15, 0.2) is 0 Å². The number of fused-ring (bicyclic) bond motifs is 27. The van der Waals surface area contributed by atoms with Gasteiger partial charge < -0.3 is 33.3 Å². The largest absolute Gasteiger partial charge is 0.380 e. The number of nitrogens with zero attached hydrogens (tertiary/aromatic N) is 4. The van der Waals surface area contributed by atoms with Crippen LogP contribution in [0.25, 0.3) is 0 Å². The average Bonchev–Trinajstić information content (AvgIpc) is 2.92. The lowest BCUT2D eigenvalue weighted by molar-refractivity contribution is 0.0465. The summed E-state index contributed by atoms with van der Waals surface area (Å²) < 4.78 is 36.1. The second kappa shape index (κ2) is 21.1. The molecule has 0 aromatic rings. The van der Waals surface area contributed by atoms with Crippen LogP contribution in [0.5, 0.6) is 0 Å². The zero-order valence-corrected chi connectivity index (χ0v) is 23.8. The molecule has 0 radical (unpaired) electrons. The maximum Gasteiger partial charge on any atom is 0.0696 e. The molecule has 0 aromatic heterocycles. The van der Waals surface area contributed by atoms with Gasteiger partial charge in [0.25, 0.3) is 0 Å². The van der Waals surface area contributed by atoms with E-state index in [-0.39, 0.29) is 0 Å². The van der Waals surface area contributed by atoms with Gasteiger partial charge in [-0.25, -0.2) is 0 Å². The van der Waals surface area contributed by atoms with Gasteiger partial charge in [-0.2, -0.15) is 0 Å². The lowest BCUT2D eigenvalue weighted by Gasteiger charge is -2.27. The Morgan fingerprint density at radius 3 is 1.03 bits per heavy atom. The van der Waals surface area contributed by atoms with Crippen LogP contribution in [-0.2, 0) is 28.4 Å². The topological polar surface area (TPSA) is 68.3 Å². The predicted octanol–water partition coefficient (Wildman–Crippen LogP) is 0.671. The molecule has 2 unspecified atom stereocenters. The van der Waals surface area contributed by atoms with E-state index in [9.17, 15) is 0 Å². The van der Waals surface area contributed by atoms with Gasteiger partial charge in [-0.1, -0.05) is 6.58 Å². The third-order valence-corrected chi connectivity index (χ3v) is 7.29. The summed E-state index contributed by atoms with van der Waals surface area (Å²) in [6.07, 6.45) is 2.05. The summed E-state index contributed by atoms with van der Waals surface area (Å²) in [6, 6.07) is 0. The van der Waals surface area contributed by atoms with E-state index in [1.165, 1.54) is 0 Å². The predicted molar refractivity (Wildman–Crippen MR) is 149 cm³/mol. The second-order valence-corrected chi connectivity index (χ2v) is 10.4. The van der Waals surface area contributed by atoms with Crippen LogP contribution in [0.2, 0.25) is 0 Å². The van der Waals surface area contributed by atoms with Crippen molar-refractivity contribution >= 4 is 0 Å². The summed E-state index contributed by atoms with van der Waals surface area (Å²) in [5, 5.41) is 0. The van der Waals surface area contributed by atoms with Crippen LogP contribution in [0.1, 0.15) is 12.8 Å². The summed E-state index contributed by atoms with van der Waals surface area (Å²) in [7, 11) is 0. The molecule has 4 rings (SSSR count). The first-order valence-corrected chi connectivity index (χ1v) is 14.8. The summed E-state index contributed by atoms with van der Waals surface area (Å²) in [5.74, 6) is 0. The Kier molecular flexibility index (Phi) is 17.7. The van der Waals surface area contributed by atoms with Gasteiger partial charge >= 0.3 is 0 Å². The van der Waals surface area contributed by atoms with Crippen LogP contribution in [-0.4, -0.2) is 177 Å². The van der Waals surface area contributed by atoms with E-state index < -0.39 is 0 Å². The van der Waals surface area contributed by atoms with Gasteiger partial charge in [-0.3, -0.25) is 14.7 Å². The second-order valence-electron chi connectivity index (χ2n) is 10.4. The highest BCUT2D eigenvalue weighted by Crippen LogP contribution is 2.02. The van der Waals surface area contributed by atoms with Crippen molar-refractivity contribution in [3.05, 3.63) is 12.2 Å². The summed E-state index contributed by atoms with van der Waals surface area (Å²) >= 11 is 0. The number of hydrogen-bond donors (Lipinski definition) is 0. The maximum absolute atomic E-state index is 6.06. The minimum Gasteiger partial charge on any atom is -0.380 e. The van der Waals surface area contributed by atoms with E-state index in [2.05, 4.69) is 26.2 Å². The van der Waals surface area contributed by atoms with E-state index in [4.69, 9.17) is 28.4 Å². The fraction of sp³-hybridized carbons (Fsp3) is 0.929. The Morgan fingerprint density at radius 1 is 0.342 bits per heavy atom.